The van der Waals surface area contributed by atoms with Crippen molar-refractivity contribution in [2.45, 2.75) is 106 Å². The van der Waals surface area contributed by atoms with Crippen molar-refractivity contribution in [2.75, 3.05) is 0 Å². The van der Waals surface area contributed by atoms with E-state index in [0.717, 1.165) is 5.92 Å². The van der Waals surface area contributed by atoms with Crippen LogP contribution in [0.15, 0.2) is 96.1 Å². The van der Waals surface area contributed by atoms with Crippen molar-refractivity contribution in [3.8, 4) is 22.3 Å². The van der Waals surface area contributed by atoms with Gasteiger partial charge in [-0.05, 0) is 0 Å². The third kappa shape index (κ3) is 6.55. The van der Waals surface area contributed by atoms with E-state index in [1.807, 2.05) is 0 Å². The second-order valence-corrected chi connectivity index (χ2v) is 66.6. The molecule has 4 aromatic rings. The number of halogens is 2. The van der Waals surface area contributed by atoms with Gasteiger partial charge in [-0.15, -0.1) is 0 Å². The Balaban J connectivity index is 1.40. The first-order valence-electron chi connectivity index (χ1n) is 19.8. The number of allylic oxidation sites excluding steroid dienone is 2. The van der Waals surface area contributed by atoms with Gasteiger partial charge in [0.15, 0.2) is 0 Å². The van der Waals surface area contributed by atoms with Crippen LogP contribution in [-0.4, -0.2) is 14.0 Å². The SMILES string of the molecule is CC1=Cc2c(-c3ccc([Si](C)(C)C)cc3)cccc2[CH]1[Zr]([Cl])([Cl])([CH]1C(C2CCC(C)CC2)=Cc2c(-c3ccc(C(C)(C)C)cc3)cccc21)[SiH](C)C. The van der Waals surface area contributed by atoms with Gasteiger partial charge in [-0.2, -0.15) is 0 Å². The van der Waals surface area contributed by atoms with E-state index in [4.69, 9.17) is 17.0 Å². The van der Waals surface area contributed by atoms with E-state index >= 15 is 0 Å². The molecule has 52 heavy (non-hydrogen) atoms. The molecule has 3 aliphatic rings. The van der Waals surface area contributed by atoms with Gasteiger partial charge in [0.1, 0.15) is 0 Å². The molecule has 5 heteroatoms. The zero-order valence-corrected chi connectivity index (χ0v) is 39.3. The van der Waals surface area contributed by atoms with Crippen LogP contribution in [-0.2, 0) is 21.0 Å². The molecule has 1 fully saturated rings. The van der Waals surface area contributed by atoms with E-state index in [-0.39, 0.29) is 12.7 Å². The number of hydrogen-bond acceptors (Lipinski definition) is 0. The molecular formula is C47H59Cl2Si2Zr. The van der Waals surface area contributed by atoms with Crippen LogP contribution in [0.1, 0.15) is 95.4 Å². The first-order chi connectivity index (χ1) is 24.4. The van der Waals surface area contributed by atoms with E-state index in [1.165, 1.54) is 86.5 Å². The molecule has 0 N–H and O–H groups in total. The molecule has 0 radical (unpaired) electrons. The number of hydrogen-bond donors (Lipinski definition) is 0. The molecule has 1 saturated carbocycles. The van der Waals surface area contributed by atoms with E-state index in [1.54, 1.807) is 5.57 Å². The molecule has 0 nitrogen and oxygen atoms in total. The molecule has 0 amide bonds. The molecule has 273 valence electrons. The van der Waals surface area contributed by atoms with Gasteiger partial charge < -0.3 is 0 Å². The van der Waals surface area contributed by atoms with Gasteiger partial charge in [0.25, 0.3) is 0 Å². The van der Waals surface area contributed by atoms with Gasteiger partial charge in [0, 0.05) is 0 Å². The summed E-state index contributed by atoms with van der Waals surface area (Å²) in [5, 5.41) is 1.50. The molecule has 0 bridgehead atoms. The summed E-state index contributed by atoms with van der Waals surface area (Å²) < 4.78 is 0.224. The molecule has 0 aromatic heterocycles. The predicted molar refractivity (Wildman–Crippen MR) is 234 cm³/mol. The topological polar surface area (TPSA) is 0 Å². The van der Waals surface area contributed by atoms with Crippen LogP contribution in [0.2, 0.25) is 32.7 Å². The standard InChI is InChI=1S/C26H31.C19H21Si.C2H7Si.2ClH.Zr/c1-18-8-10-19(11-9-18)22-16-21-6-5-7-24(25(21)17-22)20-12-14-23(15-13-20)26(2,3)4;1-14-12-16-6-5-7-18(19(16)13-14)15-8-10-17(11-9-15)20(2,3)4;1-3-2;;;/h5-7,12-19H,8-11H2,1-4H3;5-13H,1-4H3;3H,1-2H3;2*1H;/q;;;;;+2/p-2. The van der Waals surface area contributed by atoms with Crippen LogP contribution in [0.25, 0.3) is 34.4 Å². The Morgan fingerprint density at radius 3 is 1.67 bits per heavy atom. The Labute approximate surface area is 324 Å². The van der Waals surface area contributed by atoms with E-state index in [9.17, 15) is 0 Å². The van der Waals surface area contributed by atoms with Crippen LogP contribution in [0.3, 0.4) is 0 Å². The molecule has 0 spiro atoms. The molecule has 0 heterocycles. The summed E-state index contributed by atoms with van der Waals surface area (Å²) in [6.07, 6.45) is 10.1. The molecule has 0 aliphatic heterocycles. The van der Waals surface area contributed by atoms with Crippen LogP contribution < -0.4 is 5.19 Å². The summed E-state index contributed by atoms with van der Waals surface area (Å²) >= 11 is -4.88. The van der Waals surface area contributed by atoms with Crippen molar-refractivity contribution in [3.05, 3.63) is 124 Å². The van der Waals surface area contributed by atoms with E-state index in [0.29, 0.717) is 5.92 Å². The fourth-order valence-electron chi connectivity index (χ4n) is 9.91. The van der Waals surface area contributed by atoms with Crippen molar-refractivity contribution in [3.63, 3.8) is 0 Å². The Hall–Kier alpha value is -1.74. The molecule has 0 saturated heterocycles. The van der Waals surface area contributed by atoms with E-state index < -0.39 is 29.6 Å². The molecule has 3 aliphatic carbocycles. The van der Waals surface area contributed by atoms with E-state index in [2.05, 4.69) is 164 Å². The van der Waals surface area contributed by atoms with Crippen LogP contribution in [0.5, 0.6) is 0 Å². The number of benzene rings is 4. The zero-order chi connectivity index (χ0) is 37.4. The van der Waals surface area contributed by atoms with Gasteiger partial charge >= 0.3 is 328 Å². The van der Waals surface area contributed by atoms with Crippen LogP contribution in [0.4, 0.5) is 0 Å². The Bertz CT molecular complexity index is 2050. The van der Waals surface area contributed by atoms with Gasteiger partial charge in [-0.1, -0.05) is 0 Å². The average molecular weight is 842 g/mol. The normalized spacial score (nSPS) is 22.8. The Morgan fingerprint density at radius 1 is 0.673 bits per heavy atom. The molecular weight excluding hydrogens is 783 g/mol. The van der Waals surface area contributed by atoms with Crippen molar-refractivity contribution < 1.29 is 15.6 Å². The molecule has 7 rings (SSSR count). The first kappa shape index (κ1) is 38.5. The third-order valence-corrected chi connectivity index (χ3v) is 67.2. The molecule has 2 unspecified atom stereocenters. The Kier molecular flexibility index (Phi) is 10.2. The fraction of sp³-hybridized carbons (Fsp3) is 0.404. The minimum atomic E-state index is -4.88. The maximum atomic E-state index is 8.83. The minimum absolute atomic E-state index is 0.101. The van der Waals surface area contributed by atoms with Crippen LogP contribution in [0, 0.1) is 11.8 Å². The summed E-state index contributed by atoms with van der Waals surface area (Å²) in [5.74, 6) is -0.332. The molecule has 4 aromatic carbocycles. The maximum absolute atomic E-state index is 8.83. The van der Waals surface area contributed by atoms with Gasteiger partial charge in [0.05, 0.1) is 0 Å². The van der Waals surface area contributed by atoms with Gasteiger partial charge in [-0.25, -0.2) is 0 Å². The fourth-order valence-corrected chi connectivity index (χ4v) is 43.0. The quantitative estimate of drug-likeness (QED) is 0.163. The average Bonchev–Trinajstić information content (AvgIpc) is 3.67. The summed E-state index contributed by atoms with van der Waals surface area (Å²) in [6.45, 7) is 23.9. The second kappa shape index (κ2) is 13.8. The predicted octanol–water partition coefficient (Wildman–Crippen LogP) is 14.3. The van der Waals surface area contributed by atoms with Gasteiger partial charge in [0.2, 0.25) is 0 Å². The second-order valence-electron chi connectivity index (χ2n) is 19.0. The van der Waals surface area contributed by atoms with Gasteiger partial charge in [-0.3, -0.25) is 0 Å². The molecule has 2 atom stereocenters. The van der Waals surface area contributed by atoms with Crippen molar-refractivity contribution in [1.29, 1.82) is 0 Å². The number of rotatable bonds is 7. The third-order valence-electron chi connectivity index (χ3n) is 13.2. The summed E-state index contributed by atoms with van der Waals surface area (Å²) in [4.78, 5) is 0. The summed E-state index contributed by atoms with van der Waals surface area (Å²) in [5.41, 5.74) is 15.1. The summed E-state index contributed by atoms with van der Waals surface area (Å²) in [6, 6.07) is 32.7. The zero-order valence-electron chi connectivity index (χ0n) is 33.2. The van der Waals surface area contributed by atoms with Crippen molar-refractivity contribution in [2.24, 2.45) is 11.8 Å². The first-order valence-corrected chi connectivity index (χ1v) is 39.7. The van der Waals surface area contributed by atoms with Crippen molar-refractivity contribution >= 4 is 48.4 Å². The Morgan fingerprint density at radius 2 is 1.17 bits per heavy atom. The summed E-state index contributed by atoms with van der Waals surface area (Å²) in [7, 11) is 16.3. The monoisotopic (exact) mass is 839 g/mol. The van der Waals surface area contributed by atoms with Crippen molar-refractivity contribution in [1.82, 2.24) is 0 Å². The number of fused-ring (bicyclic) bond motifs is 2. The van der Waals surface area contributed by atoms with Crippen LogP contribution >= 0.6 is 17.0 Å².